The number of pyridine rings is 1. The van der Waals surface area contributed by atoms with E-state index in [0.29, 0.717) is 29.6 Å². The lowest BCUT2D eigenvalue weighted by molar-refractivity contribution is 0.621. The number of nitrogens with zero attached hydrogens (tertiary/aromatic N) is 5. The lowest BCUT2D eigenvalue weighted by Gasteiger charge is -2.06. The highest BCUT2D eigenvalue weighted by Gasteiger charge is 2.16. The molecule has 0 fully saturated rings. The summed E-state index contributed by atoms with van der Waals surface area (Å²) >= 11 is 0. The minimum absolute atomic E-state index is 0.225. The Hall–Kier alpha value is -3.61. The molecule has 0 amide bonds. The number of hydrogen-bond acceptors (Lipinski definition) is 5. The van der Waals surface area contributed by atoms with E-state index in [1.807, 2.05) is 30.3 Å². The normalized spacial score (nSPS) is 10.9. The van der Waals surface area contributed by atoms with E-state index >= 15 is 0 Å². The van der Waals surface area contributed by atoms with Gasteiger partial charge in [0.2, 0.25) is 0 Å². The fourth-order valence-corrected chi connectivity index (χ4v) is 2.84. The molecule has 0 atom stereocenters. The van der Waals surface area contributed by atoms with Gasteiger partial charge in [-0.25, -0.2) is 14.6 Å². The van der Waals surface area contributed by atoms with E-state index in [1.54, 1.807) is 30.2 Å². The second kappa shape index (κ2) is 7.33. The highest BCUT2D eigenvalue weighted by Crippen LogP contribution is 2.20. The lowest BCUT2D eigenvalue weighted by atomic mass is 10.1. The first-order valence-corrected chi connectivity index (χ1v) is 8.66. The monoisotopic (exact) mass is 358 g/mol. The van der Waals surface area contributed by atoms with Gasteiger partial charge in [0.05, 0.1) is 0 Å². The van der Waals surface area contributed by atoms with Crippen LogP contribution in [0.1, 0.15) is 11.4 Å². The standard InChI is InChI=1S/C20H18N6O/c1-14-22-13-17(20(27)23-14)19-24-18(16-7-10-21-11-8-16)25-26(19)12-9-15-5-3-2-4-6-15/h2-8,10-11,13H,9,12H2,1H3,(H,22,23,27). The zero-order valence-electron chi connectivity index (χ0n) is 14.8. The van der Waals surface area contributed by atoms with Crippen molar-refractivity contribution in [3.05, 3.63) is 82.8 Å². The van der Waals surface area contributed by atoms with Crippen LogP contribution in [0, 0.1) is 6.92 Å². The third-order valence-electron chi connectivity index (χ3n) is 4.23. The van der Waals surface area contributed by atoms with Gasteiger partial charge in [-0.15, -0.1) is 0 Å². The van der Waals surface area contributed by atoms with Crippen LogP contribution in [0.25, 0.3) is 22.8 Å². The number of aromatic nitrogens is 6. The zero-order chi connectivity index (χ0) is 18.6. The van der Waals surface area contributed by atoms with E-state index in [1.165, 1.54) is 5.56 Å². The maximum Gasteiger partial charge on any atom is 0.261 e. The Kier molecular flexibility index (Phi) is 4.57. The summed E-state index contributed by atoms with van der Waals surface area (Å²) in [5.41, 5.74) is 2.22. The molecule has 27 heavy (non-hydrogen) atoms. The van der Waals surface area contributed by atoms with Crippen LogP contribution < -0.4 is 5.56 Å². The lowest BCUT2D eigenvalue weighted by Crippen LogP contribution is -2.15. The van der Waals surface area contributed by atoms with Gasteiger partial charge in [0, 0.05) is 30.7 Å². The van der Waals surface area contributed by atoms with Crippen molar-refractivity contribution in [1.82, 2.24) is 29.7 Å². The van der Waals surface area contributed by atoms with Crippen LogP contribution in [0.4, 0.5) is 0 Å². The molecule has 0 aliphatic heterocycles. The van der Waals surface area contributed by atoms with Gasteiger partial charge in [0.1, 0.15) is 11.4 Å². The first-order chi connectivity index (χ1) is 13.2. The highest BCUT2D eigenvalue weighted by atomic mass is 16.1. The molecular weight excluding hydrogens is 340 g/mol. The van der Waals surface area contributed by atoms with Gasteiger partial charge in [0.15, 0.2) is 11.6 Å². The maximum atomic E-state index is 12.4. The largest absolute Gasteiger partial charge is 0.310 e. The molecule has 7 nitrogen and oxygen atoms in total. The topological polar surface area (TPSA) is 89.3 Å². The molecule has 3 aromatic heterocycles. The smallest absolute Gasteiger partial charge is 0.261 e. The van der Waals surface area contributed by atoms with Gasteiger partial charge in [-0.1, -0.05) is 30.3 Å². The number of aromatic amines is 1. The SMILES string of the molecule is Cc1ncc(-c2nc(-c3ccncc3)nn2CCc2ccccc2)c(=O)[nH]1. The Balaban J connectivity index is 1.75. The molecular formula is C20H18N6O. The van der Waals surface area contributed by atoms with Gasteiger partial charge >= 0.3 is 0 Å². The van der Waals surface area contributed by atoms with E-state index < -0.39 is 0 Å². The third kappa shape index (κ3) is 3.67. The number of H-pyrrole nitrogens is 1. The summed E-state index contributed by atoms with van der Waals surface area (Å²) in [7, 11) is 0. The Morgan fingerprint density at radius 1 is 1.07 bits per heavy atom. The average Bonchev–Trinajstić information content (AvgIpc) is 3.12. The summed E-state index contributed by atoms with van der Waals surface area (Å²) in [6.07, 6.45) is 5.72. The number of hydrogen-bond donors (Lipinski definition) is 1. The van der Waals surface area contributed by atoms with Crippen molar-refractivity contribution >= 4 is 0 Å². The second-order valence-corrected chi connectivity index (χ2v) is 6.17. The summed E-state index contributed by atoms with van der Waals surface area (Å²) in [6, 6.07) is 13.8. The van der Waals surface area contributed by atoms with Crippen LogP contribution in [0.15, 0.2) is 65.8 Å². The van der Waals surface area contributed by atoms with Crippen LogP contribution in [0.3, 0.4) is 0 Å². The number of aryl methyl sites for hydroxylation is 3. The molecule has 0 spiro atoms. The first-order valence-electron chi connectivity index (χ1n) is 8.66. The third-order valence-corrected chi connectivity index (χ3v) is 4.23. The van der Waals surface area contributed by atoms with Crippen LogP contribution in [0.5, 0.6) is 0 Å². The van der Waals surface area contributed by atoms with Crippen molar-refractivity contribution in [1.29, 1.82) is 0 Å². The first kappa shape index (κ1) is 16.8. The van der Waals surface area contributed by atoms with Crippen molar-refractivity contribution in [3.8, 4) is 22.8 Å². The average molecular weight is 358 g/mol. The maximum absolute atomic E-state index is 12.4. The van der Waals surface area contributed by atoms with Crippen LogP contribution >= 0.6 is 0 Å². The predicted octanol–water partition coefficient (Wildman–Crippen LogP) is 2.64. The Morgan fingerprint density at radius 3 is 2.59 bits per heavy atom. The molecule has 4 rings (SSSR count). The number of benzene rings is 1. The molecule has 0 unspecified atom stereocenters. The minimum Gasteiger partial charge on any atom is -0.310 e. The van der Waals surface area contributed by atoms with E-state index in [2.05, 4.69) is 37.2 Å². The quantitative estimate of drug-likeness (QED) is 0.592. The molecule has 0 radical (unpaired) electrons. The van der Waals surface area contributed by atoms with E-state index in [0.717, 1.165) is 12.0 Å². The molecule has 0 bridgehead atoms. The van der Waals surface area contributed by atoms with Gasteiger partial charge < -0.3 is 4.98 Å². The Labute approximate surface area is 155 Å². The summed E-state index contributed by atoms with van der Waals surface area (Å²) in [6.45, 7) is 2.35. The van der Waals surface area contributed by atoms with Gasteiger partial charge in [-0.3, -0.25) is 9.78 Å². The number of rotatable bonds is 5. The highest BCUT2D eigenvalue weighted by molar-refractivity contribution is 5.60. The van der Waals surface area contributed by atoms with E-state index in [9.17, 15) is 4.79 Å². The molecule has 134 valence electrons. The van der Waals surface area contributed by atoms with Crippen molar-refractivity contribution in [2.75, 3.05) is 0 Å². The van der Waals surface area contributed by atoms with Crippen molar-refractivity contribution < 1.29 is 0 Å². The summed E-state index contributed by atoms with van der Waals surface area (Å²) in [4.78, 5) is 28.0. The summed E-state index contributed by atoms with van der Waals surface area (Å²) < 4.78 is 1.77. The van der Waals surface area contributed by atoms with E-state index in [4.69, 9.17) is 0 Å². The number of nitrogens with one attached hydrogen (secondary N) is 1. The Bertz CT molecular complexity index is 1100. The molecule has 0 saturated heterocycles. The van der Waals surface area contributed by atoms with Gasteiger partial charge in [-0.2, -0.15) is 5.10 Å². The molecule has 7 heteroatoms. The fraction of sp³-hybridized carbons (Fsp3) is 0.150. The zero-order valence-corrected chi connectivity index (χ0v) is 14.8. The molecule has 0 aliphatic carbocycles. The van der Waals surface area contributed by atoms with E-state index in [-0.39, 0.29) is 5.56 Å². The van der Waals surface area contributed by atoms with Crippen molar-refractivity contribution in [2.45, 2.75) is 19.9 Å². The van der Waals surface area contributed by atoms with Crippen molar-refractivity contribution in [3.63, 3.8) is 0 Å². The van der Waals surface area contributed by atoms with Crippen LogP contribution in [-0.2, 0) is 13.0 Å². The predicted molar refractivity (Wildman–Crippen MR) is 102 cm³/mol. The Morgan fingerprint density at radius 2 is 1.85 bits per heavy atom. The molecule has 0 saturated carbocycles. The molecule has 4 aromatic rings. The van der Waals surface area contributed by atoms with Crippen LogP contribution in [-0.4, -0.2) is 29.7 Å². The van der Waals surface area contributed by atoms with Gasteiger partial charge in [-0.05, 0) is 31.0 Å². The summed E-state index contributed by atoms with van der Waals surface area (Å²) in [5, 5.41) is 4.63. The molecule has 0 aliphatic rings. The summed E-state index contributed by atoms with van der Waals surface area (Å²) in [5.74, 6) is 1.63. The van der Waals surface area contributed by atoms with Crippen LogP contribution in [0.2, 0.25) is 0 Å². The fourth-order valence-electron chi connectivity index (χ4n) is 2.84. The minimum atomic E-state index is -0.225. The molecule has 1 aromatic carbocycles. The van der Waals surface area contributed by atoms with Gasteiger partial charge in [0.25, 0.3) is 5.56 Å². The second-order valence-electron chi connectivity index (χ2n) is 6.17. The molecule has 1 N–H and O–H groups in total. The van der Waals surface area contributed by atoms with Crippen molar-refractivity contribution in [2.24, 2.45) is 0 Å². The molecule has 3 heterocycles.